The predicted molar refractivity (Wildman–Crippen MR) is 98.0 cm³/mol. The van der Waals surface area contributed by atoms with E-state index in [1.807, 2.05) is 57.3 Å². The number of amides is 2. The number of nitrogens with one attached hydrogen (secondary N) is 2. The molecule has 6 heteroatoms. The minimum absolute atomic E-state index is 0.0572. The summed E-state index contributed by atoms with van der Waals surface area (Å²) in [4.78, 5) is 28.1. The van der Waals surface area contributed by atoms with Gasteiger partial charge in [0, 0.05) is 35.0 Å². The Bertz CT molecular complexity index is 715. The van der Waals surface area contributed by atoms with Crippen LogP contribution in [0.1, 0.15) is 32.2 Å². The Kier molecular flexibility index (Phi) is 5.72. The van der Waals surface area contributed by atoms with E-state index in [1.54, 1.807) is 11.3 Å². The SMILES string of the molecule is Cc1nc(-c2ccc(NC(=O)CCNC(=O)C(C)(C)C)cc2)cs1. The number of thiazole rings is 1. The quantitative estimate of drug-likeness (QED) is 0.869. The van der Waals surface area contributed by atoms with E-state index in [0.717, 1.165) is 22.0 Å². The van der Waals surface area contributed by atoms with Gasteiger partial charge in [-0.1, -0.05) is 32.9 Å². The molecule has 5 nitrogen and oxygen atoms in total. The summed E-state index contributed by atoms with van der Waals surface area (Å²) in [6.07, 6.45) is 0.245. The van der Waals surface area contributed by atoms with Crippen molar-refractivity contribution in [1.82, 2.24) is 10.3 Å². The Morgan fingerprint density at radius 3 is 2.38 bits per heavy atom. The van der Waals surface area contributed by atoms with Gasteiger partial charge in [-0.15, -0.1) is 11.3 Å². The number of rotatable bonds is 5. The molecular formula is C18H23N3O2S. The lowest BCUT2D eigenvalue weighted by Gasteiger charge is -2.17. The van der Waals surface area contributed by atoms with Crippen LogP contribution in [0.25, 0.3) is 11.3 Å². The van der Waals surface area contributed by atoms with Crippen molar-refractivity contribution in [1.29, 1.82) is 0 Å². The molecule has 128 valence electrons. The molecule has 2 aromatic rings. The van der Waals surface area contributed by atoms with E-state index in [2.05, 4.69) is 15.6 Å². The first-order valence-corrected chi connectivity index (χ1v) is 8.74. The number of carbonyl (C=O) groups is 2. The highest BCUT2D eigenvalue weighted by Crippen LogP contribution is 2.23. The monoisotopic (exact) mass is 345 g/mol. The molecule has 0 atom stereocenters. The van der Waals surface area contributed by atoms with Gasteiger partial charge in [-0.25, -0.2) is 4.98 Å². The van der Waals surface area contributed by atoms with Crippen molar-refractivity contribution in [2.75, 3.05) is 11.9 Å². The molecule has 0 aliphatic heterocycles. The van der Waals surface area contributed by atoms with Crippen LogP contribution in [0.5, 0.6) is 0 Å². The highest BCUT2D eigenvalue weighted by Gasteiger charge is 2.20. The average Bonchev–Trinajstić information content (AvgIpc) is 2.93. The van der Waals surface area contributed by atoms with Gasteiger partial charge in [-0.3, -0.25) is 9.59 Å². The molecule has 0 unspecified atom stereocenters. The normalized spacial score (nSPS) is 11.2. The number of nitrogens with zero attached hydrogens (tertiary/aromatic N) is 1. The van der Waals surface area contributed by atoms with E-state index in [-0.39, 0.29) is 18.2 Å². The van der Waals surface area contributed by atoms with Crippen molar-refractivity contribution in [2.24, 2.45) is 5.41 Å². The topological polar surface area (TPSA) is 71.1 Å². The van der Waals surface area contributed by atoms with Gasteiger partial charge in [0.05, 0.1) is 10.7 Å². The van der Waals surface area contributed by atoms with Gasteiger partial charge >= 0.3 is 0 Å². The van der Waals surface area contributed by atoms with Crippen LogP contribution in [0.15, 0.2) is 29.6 Å². The third-order valence-corrected chi connectivity index (χ3v) is 4.18. The lowest BCUT2D eigenvalue weighted by molar-refractivity contribution is -0.128. The lowest BCUT2D eigenvalue weighted by atomic mass is 9.96. The fourth-order valence-corrected chi connectivity index (χ4v) is 2.62. The minimum atomic E-state index is -0.444. The number of hydrogen-bond donors (Lipinski definition) is 2. The summed E-state index contributed by atoms with van der Waals surface area (Å²) in [5.41, 5.74) is 2.26. The number of aromatic nitrogens is 1. The third kappa shape index (κ3) is 5.16. The van der Waals surface area contributed by atoms with Gasteiger partial charge in [0.15, 0.2) is 0 Å². The molecule has 0 spiro atoms. The van der Waals surface area contributed by atoms with E-state index in [0.29, 0.717) is 6.54 Å². The Morgan fingerprint density at radius 1 is 1.17 bits per heavy atom. The molecule has 2 rings (SSSR count). The summed E-state index contributed by atoms with van der Waals surface area (Å²) in [5, 5.41) is 8.64. The molecule has 24 heavy (non-hydrogen) atoms. The Labute approximate surface area is 146 Å². The fourth-order valence-electron chi connectivity index (χ4n) is 2.00. The highest BCUT2D eigenvalue weighted by molar-refractivity contribution is 7.09. The molecule has 0 aliphatic carbocycles. The number of hydrogen-bond acceptors (Lipinski definition) is 4. The van der Waals surface area contributed by atoms with Crippen LogP contribution in [0.4, 0.5) is 5.69 Å². The first-order valence-electron chi connectivity index (χ1n) is 7.86. The third-order valence-electron chi connectivity index (χ3n) is 3.40. The van der Waals surface area contributed by atoms with Crippen LogP contribution in [-0.4, -0.2) is 23.3 Å². The molecule has 1 aromatic heterocycles. The van der Waals surface area contributed by atoms with Crippen molar-refractivity contribution in [2.45, 2.75) is 34.1 Å². The Hall–Kier alpha value is -2.21. The van der Waals surface area contributed by atoms with Crippen LogP contribution >= 0.6 is 11.3 Å². The molecule has 0 saturated heterocycles. The Balaban J connectivity index is 1.83. The molecule has 1 heterocycles. The van der Waals surface area contributed by atoms with Crippen LogP contribution in [0, 0.1) is 12.3 Å². The molecule has 2 amide bonds. The first kappa shape index (κ1) is 18.1. The van der Waals surface area contributed by atoms with Crippen LogP contribution in [-0.2, 0) is 9.59 Å². The standard InChI is InChI=1S/C18H23N3O2S/c1-12-20-15(11-24-12)13-5-7-14(8-6-13)21-16(22)9-10-19-17(23)18(2,3)4/h5-8,11H,9-10H2,1-4H3,(H,19,23)(H,21,22). The number of benzene rings is 1. The summed E-state index contributed by atoms with van der Waals surface area (Å²) >= 11 is 1.61. The molecule has 0 bridgehead atoms. The van der Waals surface area contributed by atoms with Crippen LogP contribution in [0.2, 0.25) is 0 Å². The van der Waals surface area contributed by atoms with E-state index in [4.69, 9.17) is 0 Å². The predicted octanol–water partition coefficient (Wildman–Crippen LogP) is 3.61. The molecule has 0 radical (unpaired) electrons. The van der Waals surface area contributed by atoms with E-state index in [1.165, 1.54) is 0 Å². The zero-order chi connectivity index (χ0) is 17.7. The summed E-state index contributed by atoms with van der Waals surface area (Å²) in [6.45, 7) is 7.83. The van der Waals surface area contributed by atoms with Gasteiger partial charge in [0.2, 0.25) is 11.8 Å². The number of carbonyl (C=O) groups excluding carboxylic acids is 2. The maximum absolute atomic E-state index is 11.9. The van der Waals surface area contributed by atoms with Crippen molar-refractivity contribution in [3.05, 3.63) is 34.7 Å². The van der Waals surface area contributed by atoms with Crippen molar-refractivity contribution in [3.63, 3.8) is 0 Å². The maximum Gasteiger partial charge on any atom is 0.226 e. The zero-order valence-electron chi connectivity index (χ0n) is 14.5. The van der Waals surface area contributed by atoms with Gasteiger partial charge in [-0.2, -0.15) is 0 Å². The minimum Gasteiger partial charge on any atom is -0.355 e. The summed E-state index contributed by atoms with van der Waals surface area (Å²) in [6, 6.07) is 7.59. The average molecular weight is 345 g/mol. The molecule has 0 saturated carbocycles. The highest BCUT2D eigenvalue weighted by atomic mass is 32.1. The van der Waals surface area contributed by atoms with E-state index in [9.17, 15) is 9.59 Å². The lowest BCUT2D eigenvalue weighted by Crippen LogP contribution is -2.36. The van der Waals surface area contributed by atoms with E-state index < -0.39 is 5.41 Å². The molecule has 0 fully saturated rings. The van der Waals surface area contributed by atoms with Gasteiger partial charge in [0.25, 0.3) is 0 Å². The zero-order valence-corrected chi connectivity index (χ0v) is 15.3. The Morgan fingerprint density at radius 2 is 1.83 bits per heavy atom. The maximum atomic E-state index is 11.9. The van der Waals surface area contributed by atoms with E-state index >= 15 is 0 Å². The first-order chi connectivity index (χ1) is 11.3. The van der Waals surface area contributed by atoms with Crippen molar-refractivity contribution < 1.29 is 9.59 Å². The summed E-state index contributed by atoms with van der Waals surface area (Å²) in [5.74, 6) is -0.181. The second kappa shape index (κ2) is 7.57. The fraction of sp³-hybridized carbons (Fsp3) is 0.389. The largest absolute Gasteiger partial charge is 0.355 e. The van der Waals surface area contributed by atoms with Crippen molar-refractivity contribution >= 4 is 28.8 Å². The van der Waals surface area contributed by atoms with Gasteiger partial charge in [-0.05, 0) is 19.1 Å². The number of anilines is 1. The molecule has 2 N–H and O–H groups in total. The summed E-state index contributed by atoms with van der Waals surface area (Å²) < 4.78 is 0. The van der Waals surface area contributed by atoms with Crippen LogP contribution < -0.4 is 10.6 Å². The van der Waals surface area contributed by atoms with Gasteiger partial charge in [0.1, 0.15) is 0 Å². The van der Waals surface area contributed by atoms with Gasteiger partial charge < -0.3 is 10.6 Å². The number of aryl methyl sites for hydroxylation is 1. The second-order valence-electron chi connectivity index (χ2n) is 6.63. The second-order valence-corrected chi connectivity index (χ2v) is 7.70. The molecule has 0 aliphatic rings. The van der Waals surface area contributed by atoms with Crippen molar-refractivity contribution in [3.8, 4) is 11.3 Å². The van der Waals surface area contributed by atoms with Crippen LogP contribution in [0.3, 0.4) is 0 Å². The summed E-state index contributed by atoms with van der Waals surface area (Å²) in [7, 11) is 0. The smallest absolute Gasteiger partial charge is 0.226 e. The molecular weight excluding hydrogens is 322 g/mol. The molecule has 1 aromatic carbocycles.